The minimum Gasteiger partial charge on any atom is -0.482 e. The Hall–Kier alpha value is -1.82. The molecule has 124 valence electrons. The third-order valence-corrected chi connectivity index (χ3v) is 4.88. The summed E-state index contributed by atoms with van der Waals surface area (Å²) >= 11 is 13.4. The van der Waals surface area contributed by atoms with Crippen molar-refractivity contribution in [2.24, 2.45) is 0 Å². The maximum absolute atomic E-state index is 11.8. The van der Waals surface area contributed by atoms with Crippen LogP contribution in [-0.4, -0.2) is 24.0 Å². The molecule has 0 unspecified atom stereocenters. The highest BCUT2D eigenvalue weighted by atomic mass is 35.5. The molecule has 4 nitrogen and oxygen atoms in total. The van der Waals surface area contributed by atoms with Crippen LogP contribution in [0.4, 0.5) is 0 Å². The number of para-hydroxylation sites is 1. The average molecular weight is 381 g/mol. The van der Waals surface area contributed by atoms with Gasteiger partial charge < -0.3 is 10.1 Å². The van der Waals surface area contributed by atoms with E-state index in [1.165, 1.54) is 0 Å². The zero-order chi connectivity index (χ0) is 16.9. The van der Waals surface area contributed by atoms with Gasteiger partial charge in [0.2, 0.25) is 0 Å². The lowest BCUT2D eigenvalue weighted by Gasteiger charge is -2.08. The summed E-state index contributed by atoms with van der Waals surface area (Å²) in [4.78, 5) is 16.4. The number of halogens is 2. The number of ether oxygens (including phenoxy) is 1. The van der Waals surface area contributed by atoms with Gasteiger partial charge in [0.15, 0.2) is 6.61 Å². The van der Waals surface area contributed by atoms with Crippen molar-refractivity contribution < 1.29 is 9.53 Å². The number of fused-ring (bicyclic) bond motifs is 1. The van der Waals surface area contributed by atoms with Gasteiger partial charge in [0, 0.05) is 18.0 Å². The molecule has 7 heteroatoms. The molecule has 0 spiro atoms. The zero-order valence-corrected chi connectivity index (χ0v) is 14.9. The van der Waals surface area contributed by atoms with E-state index in [1.807, 2.05) is 24.3 Å². The molecule has 3 rings (SSSR count). The number of hydrogen-bond acceptors (Lipinski definition) is 4. The Labute approximate surface area is 153 Å². The monoisotopic (exact) mass is 380 g/mol. The molecule has 2 aromatic carbocycles. The van der Waals surface area contributed by atoms with Crippen molar-refractivity contribution in [3.63, 3.8) is 0 Å². The number of thiazole rings is 1. The van der Waals surface area contributed by atoms with Gasteiger partial charge in [-0.1, -0.05) is 35.3 Å². The van der Waals surface area contributed by atoms with Crippen molar-refractivity contribution in [3.8, 4) is 5.75 Å². The normalized spacial score (nSPS) is 10.8. The van der Waals surface area contributed by atoms with Crippen molar-refractivity contribution in [1.29, 1.82) is 0 Å². The van der Waals surface area contributed by atoms with E-state index in [0.29, 0.717) is 28.8 Å². The molecule has 0 aliphatic rings. The smallest absolute Gasteiger partial charge is 0.257 e. The van der Waals surface area contributed by atoms with Gasteiger partial charge in [0.1, 0.15) is 5.75 Å². The first-order valence-electron chi connectivity index (χ1n) is 7.31. The van der Waals surface area contributed by atoms with Gasteiger partial charge in [-0.05, 0) is 30.3 Å². The first kappa shape index (κ1) is 17.0. The summed E-state index contributed by atoms with van der Waals surface area (Å²) in [6.07, 6.45) is 0.687. The van der Waals surface area contributed by atoms with Gasteiger partial charge in [-0.3, -0.25) is 4.79 Å². The lowest BCUT2D eigenvalue weighted by Crippen LogP contribution is -2.30. The number of hydrogen-bond donors (Lipinski definition) is 1. The molecule has 3 aromatic rings. The standard InChI is InChI=1S/C17H14Cl2N2O2S/c18-11-5-6-14(12(19)9-11)23-10-16(22)20-8-7-17-21-13-3-1-2-4-15(13)24-17/h1-6,9H,7-8,10H2,(H,20,22). The maximum Gasteiger partial charge on any atom is 0.257 e. The molecule has 0 aliphatic heterocycles. The van der Waals surface area contributed by atoms with Crippen molar-refractivity contribution in [3.05, 3.63) is 57.5 Å². The summed E-state index contributed by atoms with van der Waals surface area (Å²) in [5, 5.41) is 4.71. The molecule has 1 heterocycles. The van der Waals surface area contributed by atoms with Crippen LogP contribution in [0.15, 0.2) is 42.5 Å². The molecule has 0 bridgehead atoms. The molecule has 1 amide bonds. The molecular formula is C17H14Cl2N2O2S. The lowest BCUT2D eigenvalue weighted by atomic mass is 10.3. The molecule has 0 radical (unpaired) electrons. The Kier molecular flexibility index (Phi) is 5.56. The predicted octanol–water partition coefficient (Wildman–Crippen LogP) is 4.34. The number of carbonyl (C=O) groups is 1. The summed E-state index contributed by atoms with van der Waals surface area (Å²) in [5.74, 6) is 0.226. The third kappa shape index (κ3) is 4.38. The van der Waals surface area contributed by atoms with Crippen LogP contribution in [0.3, 0.4) is 0 Å². The van der Waals surface area contributed by atoms with Gasteiger partial charge in [0.25, 0.3) is 5.91 Å². The lowest BCUT2D eigenvalue weighted by molar-refractivity contribution is -0.123. The fourth-order valence-electron chi connectivity index (χ4n) is 2.12. The maximum atomic E-state index is 11.8. The number of nitrogens with zero attached hydrogens (tertiary/aromatic N) is 1. The number of nitrogens with one attached hydrogen (secondary N) is 1. The van der Waals surface area contributed by atoms with E-state index in [9.17, 15) is 4.79 Å². The van der Waals surface area contributed by atoms with Crippen LogP contribution in [0.25, 0.3) is 10.2 Å². The number of rotatable bonds is 6. The number of aromatic nitrogens is 1. The number of benzene rings is 2. The van der Waals surface area contributed by atoms with Crippen molar-refractivity contribution in [2.75, 3.05) is 13.2 Å². The van der Waals surface area contributed by atoms with E-state index in [-0.39, 0.29) is 12.5 Å². The Balaban J connectivity index is 1.45. The van der Waals surface area contributed by atoms with Gasteiger partial charge in [-0.25, -0.2) is 4.98 Å². The molecule has 0 aliphatic carbocycles. The fourth-order valence-corrected chi connectivity index (χ4v) is 3.55. The van der Waals surface area contributed by atoms with E-state index in [0.717, 1.165) is 15.2 Å². The number of carbonyl (C=O) groups excluding carboxylic acids is 1. The fraction of sp³-hybridized carbons (Fsp3) is 0.176. The van der Waals surface area contributed by atoms with Crippen LogP contribution >= 0.6 is 34.5 Å². The quantitative estimate of drug-likeness (QED) is 0.691. The van der Waals surface area contributed by atoms with Crippen molar-refractivity contribution in [1.82, 2.24) is 10.3 Å². The van der Waals surface area contributed by atoms with E-state index >= 15 is 0 Å². The van der Waals surface area contributed by atoms with Crippen LogP contribution in [-0.2, 0) is 11.2 Å². The average Bonchev–Trinajstić information content (AvgIpc) is 2.96. The van der Waals surface area contributed by atoms with Crippen LogP contribution in [0.2, 0.25) is 10.0 Å². The second-order valence-electron chi connectivity index (χ2n) is 5.04. The molecule has 0 saturated heterocycles. The highest BCUT2D eigenvalue weighted by molar-refractivity contribution is 7.18. The SMILES string of the molecule is O=C(COc1ccc(Cl)cc1Cl)NCCc1nc2ccccc2s1. The number of amides is 1. The Morgan fingerprint density at radius 1 is 1.21 bits per heavy atom. The summed E-state index contributed by atoms with van der Waals surface area (Å²) in [6, 6.07) is 12.9. The van der Waals surface area contributed by atoms with Crippen molar-refractivity contribution in [2.45, 2.75) is 6.42 Å². The summed E-state index contributed by atoms with van der Waals surface area (Å²) < 4.78 is 6.54. The predicted molar refractivity (Wildman–Crippen MR) is 98.3 cm³/mol. The summed E-state index contributed by atoms with van der Waals surface area (Å²) in [5.41, 5.74) is 0.990. The zero-order valence-electron chi connectivity index (χ0n) is 12.6. The van der Waals surface area contributed by atoms with E-state index in [1.54, 1.807) is 29.5 Å². The first-order chi connectivity index (χ1) is 11.6. The summed E-state index contributed by atoms with van der Waals surface area (Å²) in [7, 11) is 0. The Bertz CT molecular complexity index is 834. The summed E-state index contributed by atoms with van der Waals surface area (Å²) in [6.45, 7) is 0.414. The van der Waals surface area contributed by atoms with E-state index in [2.05, 4.69) is 10.3 Å². The highest BCUT2D eigenvalue weighted by Gasteiger charge is 2.07. The molecule has 1 aromatic heterocycles. The van der Waals surface area contributed by atoms with Gasteiger partial charge in [-0.2, -0.15) is 0 Å². The van der Waals surface area contributed by atoms with Crippen LogP contribution in [0, 0.1) is 0 Å². The molecule has 0 saturated carbocycles. The van der Waals surface area contributed by atoms with Crippen molar-refractivity contribution >= 4 is 50.7 Å². The minimum absolute atomic E-state index is 0.0960. The topological polar surface area (TPSA) is 51.2 Å². The van der Waals surface area contributed by atoms with E-state index < -0.39 is 0 Å². The molecule has 1 N–H and O–H groups in total. The van der Waals surface area contributed by atoms with E-state index in [4.69, 9.17) is 27.9 Å². The van der Waals surface area contributed by atoms with Gasteiger partial charge >= 0.3 is 0 Å². The molecule has 0 fully saturated rings. The third-order valence-electron chi connectivity index (χ3n) is 3.25. The van der Waals surface area contributed by atoms with Crippen LogP contribution < -0.4 is 10.1 Å². The Morgan fingerprint density at radius 2 is 2.04 bits per heavy atom. The minimum atomic E-state index is -0.206. The Morgan fingerprint density at radius 3 is 2.83 bits per heavy atom. The second kappa shape index (κ2) is 7.83. The van der Waals surface area contributed by atoms with Crippen LogP contribution in [0.5, 0.6) is 5.75 Å². The molecular weight excluding hydrogens is 367 g/mol. The van der Waals surface area contributed by atoms with Crippen LogP contribution in [0.1, 0.15) is 5.01 Å². The van der Waals surface area contributed by atoms with Gasteiger partial charge in [0.05, 0.1) is 20.2 Å². The molecule has 0 atom stereocenters. The highest BCUT2D eigenvalue weighted by Crippen LogP contribution is 2.27. The second-order valence-corrected chi connectivity index (χ2v) is 7.00. The molecule has 24 heavy (non-hydrogen) atoms. The first-order valence-corrected chi connectivity index (χ1v) is 8.88. The van der Waals surface area contributed by atoms with Gasteiger partial charge in [-0.15, -0.1) is 11.3 Å². The largest absolute Gasteiger partial charge is 0.482 e.